The molecule has 3 N–H and O–H groups in total. The fourth-order valence-electron chi connectivity index (χ4n) is 5.60. The van der Waals surface area contributed by atoms with E-state index in [0.717, 1.165) is 11.1 Å². The van der Waals surface area contributed by atoms with Gasteiger partial charge in [-0.1, -0.05) is 12.1 Å². The highest BCUT2D eigenvalue weighted by Gasteiger charge is 2.57. The molecule has 9 heteroatoms. The van der Waals surface area contributed by atoms with Crippen LogP contribution in [0.1, 0.15) is 51.6 Å². The van der Waals surface area contributed by atoms with Crippen LogP contribution in [-0.4, -0.2) is 73.2 Å². The molecule has 3 unspecified atom stereocenters. The van der Waals surface area contributed by atoms with Crippen molar-refractivity contribution in [3.05, 3.63) is 58.7 Å². The molecule has 0 bridgehead atoms. The first-order chi connectivity index (χ1) is 17.3. The van der Waals surface area contributed by atoms with Gasteiger partial charge in [0.05, 0.1) is 12.2 Å². The molecule has 3 aliphatic rings. The summed E-state index contributed by atoms with van der Waals surface area (Å²) in [7, 11) is 1.55. The molecule has 2 aromatic carbocycles. The SMILES string of the molecule is CNC(=O)c1cc(C(=O)NC2[C@H]3CN(C(C)=O)C[C@@H]23)cc2c1OC(C)C2c1cccc(OCCO)c1. The summed E-state index contributed by atoms with van der Waals surface area (Å²) >= 11 is 0. The summed E-state index contributed by atoms with van der Waals surface area (Å²) in [5, 5.41) is 14.8. The van der Waals surface area contributed by atoms with Crippen molar-refractivity contribution in [2.45, 2.75) is 31.9 Å². The van der Waals surface area contributed by atoms with Crippen molar-refractivity contribution >= 4 is 17.7 Å². The minimum Gasteiger partial charge on any atom is -0.491 e. The first-order valence-corrected chi connectivity index (χ1v) is 12.3. The highest BCUT2D eigenvalue weighted by atomic mass is 16.5. The van der Waals surface area contributed by atoms with E-state index < -0.39 is 0 Å². The number of amides is 3. The summed E-state index contributed by atoms with van der Waals surface area (Å²) in [5.74, 6) is 0.953. The second-order valence-corrected chi connectivity index (χ2v) is 9.72. The zero-order valence-electron chi connectivity index (χ0n) is 20.6. The number of nitrogens with zero attached hydrogens (tertiary/aromatic N) is 1. The summed E-state index contributed by atoms with van der Waals surface area (Å²) in [6, 6.07) is 11.0. The van der Waals surface area contributed by atoms with Crippen LogP contribution in [0.2, 0.25) is 0 Å². The molecular weight excluding hydrogens is 462 g/mol. The second kappa shape index (κ2) is 9.46. The third-order valence-corrected chi connectivity index (χ3v) is 7.47. The van der Waals surface area contributed by atoms with Gasteiger partial charge in [-0.25, -0.2) is 0 Å². The van der Waals surface area contributed by atoms with Gasteiger partial charge in [-0.2, -0.15) is 0 Å². The van der Waals surface area contributed by atoms with E-state index in [1.165, 1.54) is 0 Å². The molecule has 2 aromatic rings. The summed E-state index contributed by atoms with van der Waals surface area (Å²) in [6.07, 6.45) is -0.268. The van der Waals surface area contributed by atoms with Gasteiger partial charge in [-0.15, -0.1) is 0 Å². The molecule has 0 aromatic heterocycles. The maximum atomic E-state index is 13.3. The standard InChI is InChI=1S/C27H31N3O6/c1-14-23(16-5-4-6-18(9-16)35-8-7-31)19-10-17(11-20(25(19)36-14)27(34)28-3)26(33)29-24-21-12-30(15(2)32)13-22(21)24/h4-6,9-11,14,21-24,31H,7-8,12-13H2,1-3H3,(H,28,34)(H,29,33)/t14?,21-,22+,23?,24?. The number of hydrogen-bond acceptors (Lipinski definition) is 6. The Morgan fingerprint density at radius 2 is 1.89 bits per heavy atom. The Labute approximate surface area is 209 Å². The fourth-order valence-corrected chi connectivity index (χ4v) is 5.60. The maximum absolute atomic E-state index is 13.3. The Hall–Kier alpha value is -3.59. The second-order valence-electron chi connectivity index (χ2n) is 9.72. The highest BCUT2D eigenvalue weighted by molar-refractivity contribution is 6.02. The highest BCUT2D eigenvalue weighted by Crippen LogP contribution is 2.47. The predicted molar refractivity (Wildman–Crippen MR) is 131 cm³/mol. The average molecular weight is 494 g/mol. The van der Waals surface area contributed by atoms with Crippen molar-refractivity contribution in [2.75, 3.05) is 33.4 Å². The van der Waals surface area contributed by atoms with E-state index in [9.17, 15) is 14.4 Å². The largest absolute Gasteiger partial charge is 0.491 e. The van der Waals surface area contributed by atoms with Crippen LogP contribution in [0.5, 0.6) is 11.5 Å². The van der Waals surface area contributed by atoms with Crippen molar-refractivity contribution in [3.8, 4) is 11.5 Å². The van der Waals surface area contributed by atoms with Gasteiger partial charge >= 0.3 is 0 Å². The minimum absolute atomic E-state index is 0.0381. The number of fused-ring (bicyclic) bond motifs is 2. The third-order valence-electron chi connectivity index (χ3n) is 7.47. The number of rotatable bonds is 7. The topological polar surface area (TPSA) is 117 Å². The normalized spacial score (nSPS) is 25.4. The van der Waals surface area contributed by atoms with Crippen LogP contribution in [0.4, 0.5) is 0 Å². The van der Waals surface area contributed by atoms with E-state index in [4.69, 9.17) is 14.6 Å². The molecule has 2 fully saturated rings. The molecule has 5 atom stereocenters. The van der Waals surface area contributed by atoms with E-state index in [0.29, 0.717) is 35.7 Å². The van der Waals surface area contributed by atoms with E-state index in [2.05, 4.69) is 10.6 Å². The third kappa shape index (κ3) is 4.28. The summed E-state index contributed by atoms with van der Waals surface area (Å²) in [4.78, 5) is 39.5. The van der Waals surface area contributed by atoms with Crippen molar-refractivity contribution in [3.63, 3.8) is 0 Å². The molecule has 36 heavy (non-hydrogen) atoms. The van der Waals surface area contributed by atoms with Crippen molar-refractivity contribution in [2.24, 2.45) is 11.8 Å². The van der Waals surface area contributed by atoms with Crippen LogP contribution in [0.15, 0.2) is 36.4 Å². The van der Waals surface area contributed by atoms with Crippen molar-refractivity contribution in [1.29, 1.82) is 0 Å². The monoisotopic (exact) mass is 493 g/mol. The Balaban J connectivity index is 1.44. The summed E-state index contributed by atoms with van der Waals surface area (Å²) < 4.78 is 11.7. The number of aliphatic hydroxyl groups is 1. The summed E-state index contributed by atoms with van der Waals surface area (Å²) in [5.41, 5.74) is 2.42. The molecule has 1 saturated carbocycles. The van der Waals surface area contributed by atoms with Crippen molar-refractivity contribution < 1.29 is 29.0 Å². The number of likely N-dealkylation sites (tertiary alicyclic amines) is 1. The Morgan fingerprint density at radius 3 is 2.56 bits per heavy atom. The molecule has 5 rings (SSSR count). The molecule has 190 valence electrons. The van der Waals surface area contributed by atoms with Gasteiger partial charge in [0.1, 0.15) is 24.2 Å². The Bertz CT molecular complexity index is 1200. The predicted octanol–water partition coefficient (Wildman–Crippen LogP) is 1.54. The van der Waals surface area contributed by atoms with Gasteiger partial charge in [0.2, 0.25) is 5.91 Å². The zero-order valence-corrected chi connectivity index (χ0v) is 20.6. The first-order valence-electron chi connectivity index (χ1n) is 12.3. The van der Waals surface area contributed by atoms with E-state index in [1.807, 2.05) is 42.2 Å². The number of carbonyl (C=O) groups excluding carboxylic acids is 3. The number of piperidine rings is 1. The van der Waals surface area contributed by atoms with Gasteiger partial charge in [0.25, 0.3) is 11.8 Å². The van der Waals surface area contributed by atoms with Crippen molar-refractivity contribution in [1.82, 2.24) is 15.5 Å². The van der Waals surface area contributed by atoms with Gasteiger partial charge < -0.3 is 30.1 Å². The molecule has 1 aliphatic carbocycles. The lowest BCUT2D eigenvalue weighted by atomic mass is 9.86. The summed E-state index contributed by atoms with van der Waals surface area (Å²) in [6.45, 7) is 4.94. The van der Waals surface area contributed by atoms with Crippen LogP contribution in [0.25, 0.3) is 0 Å². The minimum atomic E-state index is -0.325. The van der Waals surface area contributed by atoms with Crippen LogP contribution in [-0.2, 0) is 4.79 Å². The Morgan fingerprint density at radius 1 is 1.14 bits per heavy atom. The molecule has 3 amide bonds. The van der Waals surface area contributed by atoms with Gasteiger partial charge in [0.15, 0.2) is 0 Å². The molecule has 1 saturated heterocycles. The van der Waals surface area contributed by atoms with Crippen LogP contribution in [0, 0.1) is 11.8 Å². The molecule has 2 aliphatic heterocycles. The smallest absolute Gasteiger partial charge is 0.254 e. The lowest BCUT2D eigenvalue weighted by Crippen LogP contribution is -2.36. The number of benzene rings is 2. The van der Waals surface area contributed by atoms with E-state index >= 15 is 0 Å². The van der Waals surface area contributed by atoms with E-state index in [1.54, 1.807) is 20.0 Å². The molecule has 0 radical (unpaired) electrons. The lowest BCUT2D eigenvalue weighted by molar-refractivity contribution is -0.128. The fraction of sp³-hybridized carbons (Fsp3) is 0.444. The zero-order chi connectivity index (χ0) is 25.6. The number of carbonyl (C=O) groups is 3. The molecule has 2 heterocycles. The van der Waals surface area contributed by atoms with Crippen LogP contribution in [0.3, 0.4) is 0 Å². The van der Waals surface area contributed by atoms with Crippen LogP contribution < -0.4 is 20.1 Å². The van der Waals surface area contributed by atoms with Gasteiger partial charge in [-0.3, -0.25) is 14.4 Å². The van der Waals surface area contributed by atoms with Gasteiger partial charge in [0, 0.05) is 62.0 Å². The average Bonchev–Trinajstić information content (AvgIpc) is 3.19. The maximum Gasteiger partial charge on any atom is 0.254 e. The molecule has 9 nitrogen and oxygen atoms in total. The number of nitrogens with one attached hydrogen (secondary N) is 2. The number of ether oxygens (including phenoxy) is 2. The Kier molecular flexibility index (Phi) is 6.34. The first kappa shape index (κ1) is 24.1. The number of aliphatic hydroxyl groups excluding tert-OH is 1. The quantitative estimate of drug-likeness (QED) is 0.539. The lowest BCUT2D eigenvalue weighted by Gasteiger charge is -2.19. The number of hydrogen-bond donors (Lipinski definition) is 3. The van der Waals surface area contributed by atoms with Crippen LogP contribution >= 0.6 is 0 Å². The molecule has 0 spiro atoms. The van der Waals surface area contributed by atoms with Gasteiger partial charge in [-0.05, 0) is 36.8 Å². The van der Waals surface area contributed by atoms with E-state index in [-0.39, 0.29) is 60.8 Å². The molecular formula is C27H31N3O6.